The lowest BCUT2D eigenvalue weighted by Crippen LogP contribution is -2.30. The van der Waals surface area contributed by atoms with Gasteiger partial charge in [0.2, 0.25) is 0 Å². The van der Waals surface area contributed by atoms with Crippen LogP contribution in [-0.2, 0) is 28.6 Å². The molecule has 0 aliphatic carbocycles. The number of hydrogen-bond donors (Lipinski definition) is 0. The van der Waals surface area contributed by atoms with Crippen molar-refractivity contribution in [3.05, 3.63) is 97.2 Å². The smallest absolute Gasteiger partial charge is 0.306 e. The van der Waals surface area contributed by atoms with Gasteiger partial charge in [-0.2, -0.15) is 0 Å². The minimum absolute atomic E-state index is 0.110. The molecule has 0 bridgehead atoms. The van der Waals surface area contributed by atoms with Gasteiger partial charge in [-0.1, -0.05) is 208 Å². The lowest BCUT2D eigenvalue weighted by atomic mass is 10.0. The third-order valence-electron chi connectivity index (χ3n) is 9.92. The zero-order chi connectivity index (χ0) is 43.7. The molecule has 0 amide bonds. The molecule has 6 nitrogen and oxygen atoms in total. The van der Waals surface area contributed by atoms with Crippen molar-refractivity contribution < 1.29 is 28.6 Å². The van der Waals surface area contributed by atoms with E-state index in [4.69, 9.17) is 14.2 Å². The molecule has 1 unspecified atom stereocenters. The van der Waals surface area contributed by atoms with E-state index in [0.29, 0.717) is 19.3 Å². The van der Waals surface area contributed by atoms with Gasteiger partial charge in [-0.15, -0.1) is 0 Å². The average molecular weight is 833 g/mol. The van der Waals surface area contributed by atoms with Crippen LogP contribution in [0.25, 0.3) is 0 Å². The van der Waals surface area contributed by atoms with Gasteiger partial charge in [-0.05, 0) is 77.0 Å². The molecule has 340 valence electrons. The highest BCUT2D eigenvalue weighted by molar-refractivity contribution is 5.71. The Bertz CT molecular complexity index is 1230. The van der Waals surface area contributed by atoms with Crippen molar-refractivity contribution in [3.63, 3.8) is 0 Å². The summed E-state index contributed by atoms with van der Waals surface area (Å²) in [6, 6.07) is 0. The van der Waals surface area contributed by atoms with Gasteiger partial charge < -0.3 is 14.2 Å². The topological polar surface area (TPSA) is 78.9 Å². The Balaban J connectivity index is 4.54. The summed E-state index contributed by atoms with van der Waals surface area (Å²) in [5, 5.41) is 0. The monoisotopic (exact) mass is 833 g/mol. The predicted molar refractivity (Wildman–Crippen MR) is 256 cm³/mol. The minimum Gasteiger partial charge on any atom is -0.462 e. The minimum atomic E-state index is -0.817. The van der Waals surface area contributed by atoms with Crippen LogP contribution in [0.2, 0.25) is 0 Å². The number of allylic oxidation sites excluding steroid dienone is 16. The fourth-order valence-electron chi connectivity index (χ4n) is 6.27. The molecule has 0 radical (unpaired) electrons. The molecule has 0 spiro atoms. The summed E-state index contributed by atoms with van der Waals surface area (Å²) < 4.78 is 16.7. The molecule has 0 N–H and O–H groups in total. The van der Waals surface area contributed by atoms with E-state index in [-0.39, 0.29) is 44.0 Å². The number of rotatable bonds is 42. The second-order valence-electron chi connectivity index (χ2n) is 15.7. The van der Waals surface area contributed by atoms with Crippen LogP contribution in [0, 0.1) is 0 Å². The largest absolute Gasteiger partial charge is 0.462 e. The van der Waals surface area contributed by atoms with E-state index >= 15 is 0 Å². The molecule has 0 rings (SSSR count). The van der Waals surface area contributed by atoms with Crippen LogP contribution < -0.4 is 0 Å². The van der Waals surface area contributed by atoms with Gasteiger partial charge in [0.1, 0.15) is 13.2 Å². The Labute approximate surface area is 368 Å². The van der Waals surface area contributed by atoms with Crippen molar-refractivity contribution in [2.45, 2.75) is 213 Å². The van der Waals surface area contributed by atoms with Crippen LogP contribution in [-0.4, -0.2) is 37.2 Å². The number of esters is 3. The number of ether oxygens (including phenoxy) is 3. The normalized spacial score (nSPS) is 12.9. The first-order chi connectivity index (χ1) is 29.5. The fraction of sp³-hybridized carbons (Fsp3) is 0.648. The van der Waals surface area contributed by atoms with E-state index < -0.39 is 6.10 Å². The average Bonchev–Trinajstić information content (AvgIpc) is 3.24. The van der Waals surface area contributed by atoms with Crippen LogP contribution in [0.1, 0.15) is 207 Å². The Kier molecular flexibility index (Phi) is 45.1. The van der Waals surface area contributed by atoms with Gasteiger partial charge in [0.05, 0.1) is 0 Å². The lowest BCUT2D eigenvalue weighted by molar-refractivity contribution is -0.167. The van der Waals surface area contributed by atoms with Crippen molar-refractivity contribution in [2.24, 2.45) is 0 Å². The summed E-state index contributed by atoms with van der Waals surface area (Å²) in [5.74, 6) is -1.02. The van der Waals surface area contributed by atoms with Gasteiger partial charge in [0.25, 0.3) is 0 Å². The van der Waals surface area contributed by atoms with Gasteiger partial charge in [0, 0.05) is 19.3 Å². The highest BCUT2D eigenvalue weighted by atomic mass is 16.6. The Morgan fingerprint density at radius 3 is 1.27 bits per heavy atom. The number of unbranched alkanes of at least 4 members (excludes halogenated alkanes) is 18. The first kappa shape index (κ1) is 56.3. The second kappa shape index (κ2) is 48.0. The fourth-order valence-corrected chi connectivity index (χ4v) is 6.27. The summed E-state index contributed by atoms with van der Waals surface area (Å²) in [7, 11) is 0. The Hall–Kier alpha value is -3.67. The highest BCUT2D eigenvalue weighted by Crippen LogP contribution is 2.14. The van der Waals surface area contributed by atoms with Crippen molar-refractivity contribution in [1.29, 1.82) is 0 Å². The quantitative estimate of drug-likeness (QED) is 0.0200. The molecule has 0 heterocycles. The molecule has 0 saturated carbocycles. The van der Waals surface area contributed by atoms with E-state index in [1.165, 1.54) is 83.5 Å². The lowest BCUT2D eigenvalue weighted by Gasteiger charge is -2.18. The first-order valence-corrected chi connectivity index (χ1v) is 24.3. The van der Waals surface area contributed by atoms with Crippen LogP contribution in [0.5, 0.6) is 0 Å². The van der Waals surface area contributed by atoms with Crippen LogP contribution >= 0.6 is 0 Å². The van der Waals surface area contributed by atoms with Gasteiger partial charge >= 0.3 is 17.9 Å². The predicted octanol–water partition coefficient (Wildman–Crippen LogP) is 15.8. The third-order valence-corrected chi connectivity index (χ3v) is 9.92. The molecule has 0 fully saturated rings. The molecule has 0 aromatic rings. The maximum Gasteiger partial charge on any atom is 0.306 e. The van der Waals surface area contributed by atoms with Gasteiger partial charge in [-0.3, -0.25) is 14.4 Å². The molecule has 0 aliphatic rings. The summed E-state index contributed by atoms with van der Waals surface area (Å²) in [4.78, 5) is 37.8. The molecule has 60 heavy (non-hydrogen) atoms. The van der Waals surface area contributed by atoms with Gasteiger partial charge in [-0.25, -0.2) is 0 Å². The standard InChI is InChI=1S/C54H88O6/c1-4-7-10-13-16-19-22-25-26-27-28-30-32-35-38-41-44-47-53(56)59-50-51(49-58-52(55)46-43-40-37-34-31-24-21-18-15-12-9-6-3)60-54(57)48-45-42-39-36-33-29-23-20-17-14-11-8-5-2/h8,11,14,16-17,19-20,23,25-26,28-30,33,35,38,51H,4-7,9-10,12-13,15,18,21-22,24,27,31-32,34,36-37,39-50H2,1-3H3/b11-8-,17-14-,19-16-,23-20-,26-25-,30-28-,33-29-,38-35-. The zero-order valence-corrected chi connectivity index (χ0v) is 38.7. The van der Waals surface area contributed by atoms with Crippen LogP contribution in [0.4, 0.5) is 0 Å². The third kappa shape index (κ3) is 45.4. The maximum absolute atomic E-state index is 12.7. The van der Waals surface area contributed by atoms with Crippen molar-refractivity contribution in [3.8, 4) is 0 Å². The molecule has 6 heteroatoms. The van der Waals surface area contributed by atoms with E-state index in [0.717, 1.165) is 70.6 Å². The van der Waals surface area contributed by atoms with Crippen molar-refractivity contribution >= 4 is 17.9 Å². The van der Waals surface area contributed by atoms with Gasteiger partial charge in [0.15, 0.2) is 6.10 Å². The number of hydrogen-bond acceptors (Lipinski definition) is 6. The maximum atomic E-state index is 12.7. The number of carbonyl (C=O) groups excluding carboxylic acids is 3. The zero-order valence-electron chi connectivity index (χ0n) is 38.7. The summed E-state index contributed by atoms with van der Waals surface area (Å²) in [6.45, 7) is 6.36. The van der Waals surface area contributed by atoms with E-state index in [1.807, 2.05) is 36.5 Å². The Morgan fingerprint density at radius 2 is 0.733 bits per heavy atom. The van der Waals surface area contributed by atoms with E-state index in [9.17, 15) is 14.4 Å². The van der Waals surface area contributed by atoms with Crippen molar-refractivity contribution in [2.75, 3.05) is 13.2 Å². The summed E-state index contributed by atoms with van der Waals surface area (Å²) in [6.07, 6.45) is 62.5. The SMILES string of the molecule is CC\C=C/C=C\C=C/C=C\CCCCCC(=O)OC(COC(=O)CCC/C=C\C/C=C\C/C=C\C/C=C\CCCCC)COC(=O)CCCCCCCCCCCCCC. The van der Waals surface area contributed by atoms with Crippen LogP contribution in [0.3, 0.4) is 0 Å². The molecule has 0 aromatic carbocycles. The van der Waals surface area contributed by atoms with E-state index in [1.54, 1.807) is 0 Å². The summed E-state index contributed by atoms with van der Waals surface area (Å²) in [5.41, 5.74) is 0. The van der Waals surface area contributed by atoms with Crippen molar-refractivity contribution in [1.82, 2.24) is 0 Å². The highest BCUT2D eigenvalue weighted by Gasteiger charge is 2.19. The first-order valence-electron chi connectivity index (χ1n) is 24.3. The molecular weight excluding hydrogens is 745 g/mol. The van der Waals surface area contributed by atoms with Crippen LogP contribution in [0.15, 0.2) is 97.2 Å². The molecule has 0 saturated heterocycles. The second-order valence-corrected chi connectivity index (χ2v) is 15.7. The summed E-state index contributed by atoms with van der Waals surface area (Å²) >= 11 is 0. The number of carbonyl (C=O) groups is 3. The molecule has 0 aromatic heterocycles. The van der Waals surface area contributed by atoms with E-state index in [2.05, 4.69) is 81.5 Å². The molecule has 1 atom stereocenters. The molecule has 0 aliphatic heterocycles. The Morgan fingerprint density at radius 1 is 0.367 bits per heavy atom. The molecular formula is C54H88O6.